The average molecular weight is 152 g/mol. The lowest BCUT2D eigenvalue weighted by atomic mass is 10.2. The quantitative estimate of drug-likeness (QED) is 0.669. The van der Waals surface area contributed by atoms with Gasteiger partial charge in [0.15, 0.2) is 0 Å². The Morgan fingerprint density at radius 3 is 3.09 bits per heavy atom. The molecular formula is C9H12O2. The van der Waals surface area contributed by atoms with Crippen molar-refractivity contribution in [2.75, 3.05) is 6.61 Å². The van der Waals surface area contributed by atoms with Gasteiger partial charge in [-0.3, -0.25) is 0 Å². The third-order valence-corrected chi connectivity index (χ3v) is 1.52. The fourth-order valence-corrected chi connectivity index (χ4v) is 0.765. The average Bonchev–Trinajstić information content (AvgIpc) is 2.52. The van der Waals surface area contributed by atoms with Crippen molar-refractivity contribution in [3.63, 3.8) is 0 Å². The van der Waals surface area contributed by atoms with E-state index in [1.165, 1.54) is 0 Å². The van der Waals surface area contributed by atoms with Crippen LogP contribution in [0.25, 0.3) is 0 Å². The lowest BCUT2D eigenvalue weighted by molar-refractivity contribution is 0.331. The van der Waals surface area contributed by atoms with Gasteiger partial charge >= 0.3 is 0 Å². The van der Waals surface area contributed by atoms with E-state index in [0.717, 1.165) is 17.6 Å². The van der Waals surface area contributed by atoms with E-state index in [1.54, 1.807) is 12.5 Å². The summed E-state index contributed by atoms with van der Waals surface area (Å²) in [5.41, 5.74) is 2.13. The zero-order valence-corrected chi connectivity index (χ0v) is 6.58. The van der Waals surface area contributed by atoms with E-state index in [9.17, 15) is 0 Å². The normalized spacial score (nSPS) is 12.0. The molecule has 2 heteroatoms. The van der Waals surface area contributed by atoms with Crippen LogP contribution < -0.4 is 0 Å². The van der Waals surface area contributed by atoms with Crippen LogP contribution in [0.1, 0.15) is 12.5 Å². The summed E-state index contributed by atoms with van der Waals surface area (Å²) in [6.07, 6.45) is 6.19. The van der Waals surface area contributed by atoms with Crippen molar-refractivity contribution in [1.29, 1.82) is 0 Å². The Morgan fingerprint density at radius 1 is 1.73 bits per heavy atom. The van der Waals surface area contributed by atoms with Crippen molar-refractivity contribution in [3.05, 3.63) is 35.8 Å². The predicted molar refractivity (Wildman–Crippen MR) is 43.3 cm³/mol. The van der Waals surface area contributed by atoms with E-state index in [4.69, 9.17) is 9.52 Å². The summed E-state index contributed by atoms with van der Waals surface area (Å²) in [4.78, 5) is 0. The topological polar surface area (TPSA) is 33.4 Å². The maximum atomic E-state index is 8.67. The molecule has 0 fully saturated rings. The van der Waals surface area contributed by atoms with E-state index >= 15 is 0 Å². The lowest BCUT2D eigenvalue weighted by Crippen LogP contribution is -1.85. The maximum absolute atomic E-state index is 8.67. The zero-order valence-electron chi connectivity index (χ0n) is 6.58. The molecule has 0 aliphatic heterocycles. The van der Waals surface area contributed by atoms with Gasteiger partial charge in [0.05, 0.1) is 19.1 Å². The van der Waals surface area contributed by atoms with E-state index in [0.29, 0.717) is 0 Å². The standard InChI is InChI=1S/C9H12O2/c1-8(6-10)2-3-9-4-5-11-7-9/h2,4-5,7,10H,3,6H2,1H3/b8-2-. The summed E-state index contributed by atoms with van der Waals surface area (Å²) < 4.78 is 4.89. The molecule has 2 nitrogen and oxygen atoms in total. The minimum Gasteiger partial charge on any atom is -0.472 e. The maximum Gasteiger partial charge on any atom is 0.0937 e. The molecular weight excluding hydrogens is 140 g/mol. The van der Waals surface area contributed by atoms with Gasteiger partial charge in [0.1, 0.15) is 0 Å². The van der Waals surface area contributed by atoms with Crippen molar-refractivity contribution < 1.29 is 9.52 Å². The van der Waals surface area contributed by atoms with Gasteiger partial charge in [-0.15, -0.1) is 0 Å². The zero-order chi connectivity index (χ0) is 8.10. The Kier molecular flexibility index (Phi) is 2.93. The highest BCUT2D eigenvalue weighted by Gasteiger charge is 1.90. The number of hydrogen-bond donors (Lipinski definition) is 1. The van der Waals surface area contributed by atoms with E-state index < -0.39 is 0 Å². The highest BCUT2D eigenvalue weighted by molar-refractivity contribution is 5.12. The van der Waals surface area contributed by atoms with E-state index in [-0.39, 0.29) is 6.61 Å². The number of hydrogen-bond acceptors (Lipinski definition) is 2. The van der Waals surface area contributed by atoms with Gasteiger partial charge in [-0.1, -0.05) is 11.6 Å². The molecule has 0 aromatic carbocycles. The van der Waals surface area contributed by atoms with Gasteiger partial charge < -0.3 is 9.52 Å². The molecule has 0 aliphatic rings. The second kappa shape index (κ2) is 3.98. The van der Waals surface area contributed by atoms with Gasteiger partial charge in [-0.2, -0.15) is 0 Å². The summed E-state index contributed by atoms with van der Waals surface area (Å²) >= 11 is 0. The second-order valence-electron chi connectivity index (χ2n) is 2.54. The number of allylic oxidation sites excluding steroid dienone is 1. The minimum atomic E-state index is 0.137. The molecule has 1 heterocycles. The van der Waals surface area contributed by atoms with Crippen LogP contribution in [0.2, 0.25) is 0 Å². The van der Waals surface area contributed by atoms with Gasteiger partial charge in [-0.25, -0.2) is 0 Å². The van der Waals surface area contributed by atoms with E-state index in [1.807, 2.05) is 19.1 Å². The first-order valence-electron chi connectivity index (χ1n) is 3.60. The third-order valence-electron chi connectivity index (χ3n) is 1.52. The molecule has 60 valence electrons. The van der Waals surface area contributed by atoms with Crippen LogP contribution in [0.3, 0.4) is 0 Å². The van der Waals surface area contributed by atoms with Crippen LogP contribution >= 0.6 is 0 Å². The van der Waals surface area contributed by atoms with Crippen molar-refractivity contribution in [2.45, 2.75) is 13.3 Å². The fraction of sp³-hybridized carbons (Fsp3) is 0.333. The van der Waals surface area contributed by atoms with Crippen LogP contribution in [0, 0.1) is 0 Å². The summed E-state index contributed by atoms with van der Waals surface area (Å²) in [5, 5.41) is 8.67. The number of rotatable bonds is 3. The first-order chi connectivity index (χ1) is 5.33. The molecule has 0 spiro atoms. The van der Waals surface area contributed by atoms with Crippen molar-refractivity contribution in [2.24, 2.45) is 0 Å². The first kappa shape index (κ1) is 8.08. The van der Waals surface area contributed by atoms with Crippen LogP contribution in [0.5, 0.6) is 0 Å². The molecule has 0 atom stereocenters. The molecule has 0 aliphatic carbocycles. The van der Waals surface area contributed by atoms with Crippen molar-refractivity contribution in [1.82, 2.24) is 0 Å². The molecule has 0 radical (unpaired) electrons. The van der Waals surface area contributed by atoms with Gasteiger partial charge in [0.2, 0.25) is 0 Å². The van der Waals surface area contributed by atoms with Crippen LogP contribution in [-0.2, 0) is 6.42 Å². The van der Waals surface area contributed by atoms with Crippen LogP contribution in [0.4, 0.5) is 0 Å². The molecule has 1 N–H and O–H groups in total. The fourth-order valence-electron chi connectivity index (χ4n) is 0.765. The highest BCUT2D eigenvalue weighted by Crippen LogP contribution is 2.03. The summed E-state index contributed by atoms with van der Waals surface area (Å²) in [5.74, 6) is 0. The second-order valence-corrected chi connectivity index (χ2v) is 2.54. The Bertz CT molecular complexity index is 222. The molecule has 1 aromatic heterocycles. The lowest BCUT2D eigenvalue weighted by Gasteiger charge is -1.92. The van der Waals surface area contributed by atoms with E-state index in [2.05, 4.69) is 0 Å². The summed E-state index contributed by atoms with van der Waals surface area (Å²) in [6.45, 7) is 2.04. The third kappa shape index (κ3) is 2.60. The Labute approximate surface area is 66.2 Å². The molecule has 1 rings (SSSR count). The van der Waals surface area contributed by atoms with Gasteiger partial charge in [0, 0.05) is 0 Å². The Hall–Kier alpha value is -1.02. The van der Waals surface area contributed by atoms with Crippen LogP contribution in [0.15, 0.2) is 34.7 Å². The molecule has 11 heavy (non-hydrogen) atoms. The molecule has 0 saturated heterocycles. The molecule has 0 saturated carbocycles. The Balaban J connectivity index is 2.45. The Morgan fingerprint density at radius 2 is 2.55 bits per heavy atom. The number of aliphatic hydroxyl groups excluding tert-OH is 1. The largest absolute Gasteiger partial charge is 0.472 e. The molecule has 1 aromatic rings. The molecule has 0 unspecified atom stereocenters. The van der Waals surface area contributed by atoms with Crippen molar-refractivity contribution >= 4 is 0 Å². The number of furan rings is 1. The summed E-state index contributed by atoms with van der Waals surface area (Å²) in [7, 11) is 0. The summed E-state index contributed by atoms with van der Waals surface area (Å²) in [6, 6.07) is 1.92. The number of aliphatic hydroxyl groups is 1. The smallest absolute Gasteiger partial charge is 0.0937 e. The molecule has 0 amide bonds. The van der Waals surface area contributed by atoms with Crippen LogP contribution in [-0.4, -0.2) is 11.7 Å². The monoisotopic (exact) mass is 152 g/mol. The van der Waals surface area contributed by atoms with Gasteiger partial charge in [-0.05, 0) is 25.0 Å². The first-order valence-corrected chi connectivity index (χ1v) is 3.60. The highest BCUT2D eigenvalue weighted by atomic mass is 16.3. The SMILES string of the molecule is C/C(=C/Cc1ccoc1)CO. The predicted octanol–water partition coefficient (Wildman–Crippen LogP) is 1.76. The minimum absolute atomic E-state index is 0.137. The van der Waals surface area contributed by atoms with Gasteiger partial charge in [0.25, 0.3) is 0 Å². The van der Waals surface area contributed by atoms with Crippen molar-refractivity contribution in [3.8, 4) is 0 Å². The molecule has 0 bridgehead atoms.